The SMILES string of the molecule is O=C(NC1CCS(=O)(=O)C1)c1cncc(Nc2ccc(F)c(Cl)c2)c1. The molecule has 25 heavy (non-hydrogen) atoms. The van der Waals surface area contributed by atoms with Gasteiger partial charge in [0.2, 0.25) is 0 Å². The van der Waals surface area contributed by atoms with Crippen LogP contribution >= 0.6 is 11.6 Å². The summed E-state index contributed by atoms with van der Waals surface area (Å²) in [6, 6.07) is 5.35. The van der Waals surface area contributed by atoms with Crippen molar-refractivity contribution in [1.29, 1.82) is 0 Å². The zero-order chi connectivity index (χ0) is 18.0. The van der Waals surface area contributed by atoms with E-state index in [0.717, 1.165) is 0 Å². The molecule has 0 spiro atoms. The van der Waals surface area contributed by atoms with Crippen molar-refractivity contribution >= 4 is 38.7 Å². The van der Waals surface area contributed by atoms with Gasteiger partial charge in [-0.1, -0.05) is 11.6 Å². The van der Waals surface area contributed by atoms with Crippen molar-refractivity contribution in [2.24, 2.45) is 0 Å². The molecule has 132 valence electrons. The second kappa shape index (κ2) is 6.97. The Morgan fingerprint density at radius 3 is 2.72 bits per heavy atom. The molecular formula is C16H15ClFN3O3S. The normalized spacial score (nSPS) is 18.7. The first-order chi connectivity index (χ1) is 11.8. The molecule has 2 aromatic rings. The summed E-state index contributed by atoms with van der Waals surface area (Å²) in [6.07, 6.45) is 3.31. The number of hydrogen-bond donors (Lipinski definition) is 2. The van der Waals surface area contributed by atoms with Crippen LogP contribution in [0.25, 0.3) is 0 Å². The van der Waals surface area contributed by atoms with E-state index < -0.39 is 21.6 Å². The minimum absolute atomic E-state index is 0.0192. The average molecular weight is 384 g/mol. The molecule has 1 amide bonds. The molecule has 6 nitrogen and oxygen atoms in total. The van der Waals surface area contributed by atoms with E-state index >= 15 is 0 Å². The van der Waals surface area contributed by atoms with E-state index in [9.17, 15) is 17.6 Å². The minimum Gasteiger partial charge on any atom is -0.354 e. The molecule has 0 radical (unpaired) electrons. The number of pyridine rings is 1. The molecule has 3 rings (SSSR count). The minimum atomic E-state index is -3.07. The van der Waals surface area contributed by atoms with Crippen LogP contribution in [0.5, 0.6) is 0 Å². The summed E-state index contributed by atoms with van der Waals surface area (Å²) in [6.45, 7) is 0. The van der Waals surface area contributed by atoms with Crippen LogP contribution in [0.1, 0.15) is 16.8 Å². The molecule has 0 bridgehead atoms. The highest BCUT2D eigenvalue weighted by Crippen LogP contribution is 2.23. The molecule has 1 saturated heterocycles. The smallest absolute Gasteiger partial charge is 0.253 e. The molecule has 0 saturated carbocycles. The highest BCUT2D eigenvalue weighted by atomic mass is 35.5. The van der Waals surface area contributed by atoms with Crippen molar-refractivity contribution in [2.45, 2.75) is 12.5 Å². The average Bonchev–Trinajstić information content (AvgIpc) is 2.90. The fraction of sp³-hybridized carbons (Fsp3) is 0.250. The monoisotopic (exact) mass is 383 g/mol. The van der Waals surface area contributed by atoms with Crippen molar-refractivity contribution in [3.05, 3.63) is 53.1 Å². The van der Waals surface area contributed by atoms with E-state index in [1.54, 1.807) is 6.07 Å². The van der Waals surface area contributed by atoms with Crippen LogP contribution in [0.15, 0.2) is 36.7 Å². The number of aromatic nitrogens is 1. The Morgan fingerprint density at radius 1 is 1.24 bits per heavy atom. The number of carbonyl (C=O) groups is 1. The van der Waals surface area contributed by atoms with Crippen LogP contribution in [0.3, 0.4) is 0 Å². The third-order valence-electron chi connectivity index (χ3n) is 3.78. The number of sulfone groups is 1. The maximum absolute atomic E-state index is 13.2. The third-order valence-corrected chi connectivity index (χ3v) is 5.83. The van der Waals surface area contributed by atoms with E-state index in [2.05, 4.69) is 15.6 Å². The molecule has 1 unspecified atom stereocenters. The predicted molar refractivity (Wildman–Crippen MR) is 93.5 cm³/mol. The molecule has 1 aliphatic heterocycles. The largest absolute Gasteiger partial charge is 0.354 e. The highest BCUT2D eigenvalue weighted by molar-refractivity contribution is 7.91. The fourth-order valence-electron chi connectivity index (χ4n) is 2.55. The van der Waals surface area contributed by atoms with Gasteiger partial charge in [0, 0.05) is 17.9 Å². The summed E-state index contributed by atoms with van der Waals surface area (Å²) < 4.78 is 36.1. The van der Waals surface area contributed by atoms with Gasteiger partial charge in [-0.3, -0.25) is 9.78 Å². The predicted octanol–water partition coefficient (Wildman–Crippen LogP) is 2.53. The zero-order valence-electron chi connectivity index (χ0n) is 13.0. The van der Waals surface area contributed by atoms with Crippen LogP contribution < -0.4 is 10.6 Å². The van der Waals surface area contributed by atoms with Gasteiger partial charge in [-0.15, -0.1) is 0 Å². The number of nitrogens with zero attached hydrogens (tertiary/aromatic N) is 1. The fourth-order valence-corrected chi connectivity index (χ4v) is 4.40. The molecule has 1 aliphatic rings. The number of rotatable bonds is 4. The zero-order valence-corrected chi connectivity index (χ0v) is 14.6. The molecule has 1 aromatic carbocycles. The Morgan fingerprint density at radius 2 is 2.04 bits per heavy atom. The topological polar surface area (TPSA) is 88.2 Å². The van der Waals surface area contributed by atoms with Gasteiger partial charge in [-0.25, -0.2) is 12.8 Å². The molecule has 0 aliphatic carbocycles. The van der Waals surface area contributed by atoms with Gasteiger partial charge in [-0.2, -0.15) is 0 Å². The summed E-state index contributed by atoms with van der Waals surface area (Å²) in [5.41, 5.74) is 1.37. The lowest BCUT2D eigenvalue weighted by atomic mass is 10.2. The van der Waals surface area contributed by atoms with Gasteiger partial charge < -0.3 is 10.6 Å². The number of amides is 1. The molecular weight excluding hydrogens is 369 g/mol. The number of hydrogen-bond acceptors (Lipinski definition) is 5. The summed E-state index contributed by atoms with van der Waals surface area (Å²) in [4.78, 5) is 16.3. The van der Waals surface area contributed by atoms with Crippen LogP contribution in [0.4, 0.5) is 15.8 Å². The van der Waals surface area contributed by atoms with Gasteiger partial charge in [0.25, 0.3) is 5.91 Å². The van der Waals surface area contributed by atoms with E-state index in [4.69, 9.17) is 11.6 Å². The Kier molecular flexibility index (Phi) is 4.91. The molecule has 1 aromatic heterocycles. The first-order valence-corrected chi connectivity index (χ1v) is 9.71. The second-order valence-corrected chi connectivity index (χ2v) is 8.43. The van der Waals surface area contributed by atoms with Crippen molar-refractivity contribution in [3.8, 4) is 0 Å². The first kappa shape index (κ1) is 17.6. The summed E-state index contributed by atoms with van der Waals surface area (Å²) in [5.74, 6) is -0.873. The van der Waals surface area contributed by atoms with Crippen LogP contribution in [-0.2, 0) is 9.84 Å². The van der Waals surface area contributed by atoms with Crippen molar-refractivity contribution in [3.63, 3.8) is 0 Å². The molecule has 1 atom stereocenters. The van der Waals surface area contributed by atoms with E-state index in [-0.39, 0.29) is 22.6 Å². The highest BCUT2D eigenvalue weighted by Gasteiger charge is 2.29. The van der Waals surface area contributed by atoms with Crippen molar-refractivity contribution in [1.82, 2.24) is 10.3 Å². The quantitative estimate of drug-likeness (QED) is 0.847. The number of benzene rings is 1. The summed E-state index contributed by atoms with van der Waals surface area (Å²) in [5, 5.41) is 5.67. The molecule has 9 heteroatoms. The number of nitrogens with one attached hydrogen (secondary N) is 2. The third kappa shape index (κ3) is 4.46. The number of anilines is 2. The Hall–Kier alpha value is -2.19. The first-order valence-electron chi connectivity index (χ1n) is 7.51. The van der Waals surface area contributed by atoms with Crippen LogP contribution in [0.2, 0.25) is 5.02 Å². The Balaban J connectivity index is 1.70. The van der Waals surface area contributed by atoms with E-state index in [1.165, 1.54) is 30.6 Å². The molecule has 1 fully saturated rings. The lowest BCUT2D eigenvalue weighted by Gasteiger charge is -2.12. The molecule has 2 N–H and O–H groups in total. The van der Waals surface area contributed by atoms with Crippen molar-refractivity contribution in [2.75, 3.05) is 16.8 Å². The van der Waals surface area contributed by atoms with Crippen molar-refractivity contribution < 1.29 is 17.6 Å². The lowest BCUT2D eigenvalue weighted by molar-refractivity contribution is 0.0941. The van der Waals surface area contributed by atoms with Crippen LogP contribution in [-0.4, -0.2) is 36.9 Å². The Labute approximate surface area is 149 Å². The maximum Gasteiger partial charge on any atom is 0.253 e. The van der Waals surface area contributed by atoms with Gasteiger partial charge in [0.15, 0.2) is 9.84 Å². The standard InChI is InChI=1S/C16H15ClFN3O3S/c17-14-6-11(1-2-15(14)18)20-13-5-10(7-19-8-13)16(22)21-12-3-4-25(23,24)9-12/h1-2,5-8,12,20H,3-4,9H2,(H,21,22). The lowest BCUT2D eigenvalue weighted by Crippen LogP contribution is -2.35. The van der Waals surface area contributed by atoms with Gasteiger partial charge in [-0.05, 0) is 30.7 Å². The van der Waals surface area contributed by atoms with Gasteiger partial charge >= 0.3 is 0 Å². The van der Waals surface area contributed by atoms with E-state index in [1.807, 2.05) is 0 Å². The van der Waals surface area contributed by atoms with Crippen LogP contribution in [0, 0.1) is 5.82 Å². The Bertz CT molecular complexity index is 921. The summed E-state index contributed by atoms with van der Waals surface area (Å²) in [7, 11) is -3.07. The van der Waals surface area contributed by atoms with Gasteiger partial charge in [0.1, 0.15) is 5.82 Å². The van der Waals surface area contributed by atoms with E-state index in [0.29, 0.717) is 23.4 Å². The number of carbonyl (C=O) groups excluding carboxylic acids is 1. The second-order valence-electron chi connectivity index (χ2n) is 5.79. The summed E-state index contributed by atoms with van der Waals surface area (Å²) >= 11 is 5.74. The van der Waals surface area contributed by atoms with Gasteiger partial charge in [0.05, 0.1) is 34.0 Å². The number of halogens is 2. The molecule has 2 heterocycles. The maximum atomic E-state index is 13.2.